The van der Waals surface area contributed by atoms with Crippen molar-refractivity contribution in [1.29, 1.82) is 0 Å². The first-order valence-corrected chi connectivity index (χ1v) is 11.7. The number of likely N-dealkylation sites (tertiary alicyclic amines) is 1. The summed E-state index contributed by atoms with van der Waals surface area (Å²) in [5.74, 6) is 0.416. The Hall–Kier alpha value is -3.21. The summed E-state index contributed by atoms with van der Waals surface area (Å²) in [4.78, 5) is 35.7. The smallest absolute Gasteiger partial charge is 0.410 e. The normalized spacial score (nSPS) is 18.0. The Labute approximate surface area is 195 Å². The fourth-order valence-corrected chi connectivity index (χ4v) is 4.60. The van der Waals surface area contributed by atoms with Gasteiger partial charge in [-0.1, -0.05) is 13.3 Å². The number of esters is 1. The minimum Gasteiger partial charge on any atom is -0.471 e. The van der Waals surface area contributed by atoms with Crippen LogP contribution in [0.25, 0.3) is 21.7 Å². The summed E-state index contributed by atoms with van der Waals surface area (Å²) in [5, 5.41) is 6.30. The summed E-state index contributed by atoms with van der Waals surface area (Å²) in [6, 6.07) is 3.05. The Morgan fingerprint density at radius 3 is 2.82 bits per heavy atom. The van der Waals surface area contributed by atoms with Crippen LogP contribution in [0.2, 0.25) is 0 Å². The maximum absolute atomic E-state index is 12.6. The zero-order valence-electron chi connectivity index (χ0n) is 19.1. The number of aryl methyl sites for hydroxylation is 2. The molecule has 1 amide bonds. The summed E-state index contributed by atoms with van der Waals surface area (Å²) in [5.41, 5.74) is 2.39. The molecule has 176 valence electrons. The molecule has 10 nitrogen and oxygen atoms in total. The number of rotatable bonds is 7. The molecule has 1 aliphatic rings. The summed E-state index contributed by atoms with van der Waals surface area (Å²) in [7, 11) is 3.14. The van der Waals surface area contributed by atoms with Crippen LogP contribution in [0.4, 0.5) is 4.79 Å². The van der Waals surface area contributed by atoms with Crippen molar-refractivity contribution >= 4 is 33.6 Å². The molecule has 2 unspecified atom stereocenters. The lowest BCUT2D eigenvalue weighted by Gasteiger charge is -2.21. The number of amides is 1. The average molecular weight is 474 g/mol. The van der Waals surface area contributed by atoms with Crippen molar-refractivity contribution < 1.29 is 23.8 Å². The van der Waals surface area contributed by atoms with Crippen LogP contribution < -0.4 is 4.74 Å². The van der Waals surface area contributed by atoms with Crippen LogP contribution in [-0.4, -0.2) is 69.1 Å². The van der Waals surface area contributed by atoms with E-state index in [2.05, 4.69) is 15.1 Å². The first kappa shape index (κ1) is 23.0. The van der Waals surface area contributed by atoms with Crippen LogP contribution >= 0.6 is 11.3 Å². The Balaban J connectivity index is 1.59. The molecule has 11 heteroatoms. The minimum absolute atomic E-state index is 0.196. The van der Waals surface area contributed by atoms with Gasteiger partial charge in [-0.2, -0.15) is 10.1 Å². The highest BCUT2D eigenvalue weighted by Gasteiger charge is 2.42. The predicted octanol–water partition coefficient (Wildman–Crippen LogP) is 3.33. The third kappa shape index (κ3) is 4.77. The van der Waals surface area contributed by atoms with Gasteiger partial charge in [0.1, 0.15) is 22.5 Å². The van der Waals surface area contributed by atoms with Crippen molar-refractivity contribution in [2.75, 3.05) is 20.3 Å². The molecule has 4 rings (SSSR count). The molecule has 3 aromatic rings. The van der Waals surface area contributed by atoms with Gasteiger partial charge in [-0.25, -0.2) is 14.6 Å². The van der Waals surface area contributed by atoms with Crippen molar-refractivity contribution in [3.8, 4) is 17.4 Å². The Morgan fingerprint density at radius 2 is 2.12 bits per heavy atom. The fourth-order valence-electron chi connectivity index (χ4n) is 3.84. The lowest BCUT2D eigenvalue weighted by atomic mass is 10.2. The van der Waals surface area contributed by atoms with E-state index in [0.717, 1.165) is 34.4 Å². The van der Waals surface area contributed by atoms with Gasteiger partial charge in [-0.05, 0) is 30.9 Å². The summed E-state index contributed by atoms with van der Waals surface area (Å²) in [6.07, 6.45) is 0.958. The van der Waals surface area contributed by atoms with Crippen LogP contribution in [0.3, 0.4) is 0 Å². The largest absolute Gasteiger partial charge is 0.471 e. The van der Waals surface area contributed by atoms with Gasteiger partial charge in [0, 0.05) is 13.5 Å². The van der Waals surface area contributed by atoms with Gasteiger partial charge in [-0.3, -0.25) is 9.58 Å². The lowest BCUT2D eigenvalue weighted by Crippen LogP contribution is -2.41. The zero-order chi connectivity index (χ0) is 23.5. The van der Waals surface area contributed by atoms with Gasteiger partial charge >= 0.3 is 12.1 Å². The maximum atomic E-state index is 12.6. The molecule has 3 aromatic heterocycles. The average Bonchev–Trinajstić information content (AvgIpc) is 3.51. The van der Waals surface area contributed by atoms with Crippen molar-refractivity contribution in [2.45, 2.75) is 45.3 Å². The second-order valence-corrected chi connectivity index (χ2v) is 8.83. The number of ether oxygens (including phenoxy) is 3. The molecule has 4 heterocycles. The highest BCUT2D eigenvalue weighted by molar-refractivity contribution is 7.17. The first-order chi connectivity index (χ1) is 15.9. The molecule has 1 fully saturated rings. The van der Waals surface area contributed by atoms with Crippen molar-refractivity contribution in [3.05, 3.63) is 23.2 Å². The van der Waals surface area contributed by atoms with E-state index >= 15 is 0 Å². The number of carbonyl (C=O) groups excluding carboxylic acids is 2. The molecule has 1 aliphatic heterocycles. The Bertz CT molecular complexity index is 1160. The van der Waals surface area contributed by atoms with Gasteiger partial charge in [0.15, 0.2) is 5.82 Å². The van der Waals surface area contributed by atoms with Gasteiger partial charge in [0.2, 0.25) is 5.88 Å². The molecule has 2 atom stereocenters. The maximum Gasteiger partial charge on any atom is 0.410 e. The van der Waals surface area contributed by atoms with E-state index in [1.165, 1.54) is 23.3 Å². The van der Waals surface area contributed by atoms with Crippen molar-refractivity contribution in [3.63, 3.8) is 0 Å². The number of methoxy groups -OCH3 is 1. The number of carbonyl (C=O) groups is 2. The van der Waals surface area contributed by atoms with Crippen LogP contribution in [0.5, 0.6) is 5.88 Å². The molecule has 0 spiro atoms. The molecule has 0 bridgehead atoms. The third-order valence-electron chi connectivity index (χ3n) is 5.48. The number of thiophene rings is 1. The van der Waals surface area contributed by atoms with E-state index in [0.29, 0.717) is 18.3 Å². The van der Waals surface area contributed by atoms with E-state index in [1.807, 2.05) is 38.4 Å². The monoisotopic (exact) mass is 473 g/mol. The summed E-state index contributed by atoms with van der Waals surface area (Å²) < 4.78 is 19.0. The van der Waals surface area contributed by atoms with Gasteiger partial charge < -0.3 is 14.2 Å². The minimum atomic E-state index is -0.769. The molecule has 0 aromatic carbocycles. The quantitative estimate of drug-likeness (QED) is 0.380. The van der Waals surface area contributed by atoms with Gasteiger partial charge in [0.05, 0.1) is 31.5 Å². The number of hydrogen-bond acceptors (Lipinski definition) is 9. The second kappa shape index (κ2) is 9.74. The van der Waals surface area contributed by atoms with Crippen LogP contribution in [0.15, 0.2) is 17.5 Å². The fraction of sp³-hybridized carbons (Fsp3) is 0.500. The number of fused-ring (bicyclic) bond motifs is 1. The number of hydrogen-bond donors (Lipinski definition) is 0. The van der Waals surface area contributed by atoms with E-state index in [-0.39, 0.29) is 13.0 Å². The van der Waals surface area contributed by atoms with Gasteiger partial charge in [-0.15, -0.1) is 11.3 Å². The number of unbranched alkanes of at least 4 members (excludes halogenated alkanes) is 1. The molecule has 33 heavy (non-hydrogen) atoms. The van der Waals surface area contributed by atoms with Crippen molar-refractivity contribution in [2.24, 2.45) is 7.05 Å². The van der Waals surface area contributed by atoms with Crippen LogP contribution in [-0.2, 0) is 21.3 Å². The molecule has 0 aliphatic carbocycles. The molecular weight excluding hydrogens is 446 g/mol. The Kier molecular flexibility index (Phi) is 6.77. The van der Waals surface area contributed by atoms with E-state index in [4.69, 9.17) is 14.2 Å². The first-order valence-electron chi connectivity index (χ1n) is 10.8. The molecular formula is C22H27N5O5S. The SMILES string of the molecule is CCCCOC(=O)N1CC(Oc2nc(-c3cc(C)nn3C)nc3ccsc23)CC1C(=O)OC. The highest BCUT2D eigenvalue weighted by Crippen LogP contribution is 2.33. The summed E-state index contributed by atoms with van der Waals surface area (Å²) >= 11 is 1.47. The zero-order valence-corrected chi connectivity index (χ0v) is 19.9. The molecule has 0 N–H and O–H groups in total. The predicted molar refractivity (Wildman–Crippen MR) is 122 cm³/mol. The standard InChI is InChI=1S/C22H27N5O5S/c1-5-6-8-31-22(29)27-12-14(11-17(27)21(28)30-4)32-20-18-15(7-9-33-18)23-19(24-20)16-10-13(2)25-26(16)3/h7,9-10,14,17H,5-6,8,11-12H2,1-4H3. The van der Waals surface area contributed by atoms with E-state index in [9.17, 15) is 9.59 Å². The Morgan fingerprint density at radius 1 is 1.30 bits per heavy atom. The third-order valence-corrected chi connectivity index (χ3v) is 6.37. The number of aromatic nitrogens is 4. The topological polar surface area (TPSA) is 109 Å². The van der Waals surface area contributed by atoms with Crippen LogP contribution in [0.1, 0.15) is 31.9 Å². The van der Waals surface area contributed by atoms with E-state index in [1.54, 1.807) is 4.68 Å². The molecule has 1 saturated heterocycles. The van der Waals surface area contributed by atoms with Crippen LogP contribution in [0, 0.1) is 6.92 Å². The van der Waals surface area contributed by atoms with Gasteiger partial charge in [0.25, 0.3) is 0 Å². The molecule has 0 radical (unpaired) electrons. The summed E-state index contributed by atoms with van der Waals surface area (Å²) in [6.45, 7) is 4.42. The highest BCUT2D eigenvalue weighted by atomic mass is 32.1. The lowest BCUT2D eigenvalue weighted by molar-refractivity contribution is -0.145. The number of nitrogens with zero attached hydrogens (tertiary/aromatic N) is 5. The van der Waals surface area contributed by atoms with E-state index < -0.39 is 24.2 Å². The van der Waals surface area contributed by atoms with Crippen molar-refractivity contribution in [1.82, 2.24) is 24.6 Å². The second-order valence-electron chi connectivity index (χ2n) is 7.92. The molecule has 0 saturated carbocycles.